The third-order valence-electron chi connectivity index (χ3n) is 3.64. The van der Waals surface area contributed by atoms with E-state index in [4.69, 9.17) is 5.11 Å². The molecule has 1 unspecified atom stereocenters. The first-order valence-electron chi connectivity index (χ1n) is 7.50. The van der Waals surface area contributed by atoms with Gasteiger partial charge in [0.25, 0.3) is 0 Å². The first kappa shape index (κ1) is 17.3. The second-order valence-corrected chi connectivity index (χ2v) is 6.35. The number of carboxylic acid groups (broad SMARTS) is 1. The number of amides is 2. The monoisotopic (exact) mass is 336 g/mol. The van der Waals surface area contributed by atoms with E-state index in [1.54, 1.807) is 28.8 Å². The van der Waals surface area contributed by atoms with Gasteiger partial charge in [-0.05, 0) is 24.1 Å². The Labute approximate surface area is 139 Å². The molecule has 2 N–H and O–H groups in total. The molecule has 2 amide bonds. The number of benzene rings is 1. The Kier molecular flexibility index (Phi) is 6.04. The summed E-state index contributed by atoms with van der Waals surface area (Å²) in [4.78, 5) is 36.7. The highest BCUT2D eigenvalue weighted by molar-refractivity contribution is 7.99. The third-order valence-corrected chi connectivity index (χ3v) is 4.65. The van der Waals surface area contributed by atoms with Gasteiger partial charge < -0.3 is 15.3 Å². The molecular formula is C16H20N2O4S. The summed E-state index contributed by atoms with van der Waals surface area (Å²) in [5, 5.41) is 11.7. The van der Waals surface area contributed by atoms with Crippen LogP contribution in [0.15, 0.2) is 24.3 Å². The van der Waals surface area contributed by atoms with Crippen molar-refractivity contribution in [3.05, 3.63) is 35.4 Å². The lowest BCUT2D eigenvalue weighted by molar-refractivity contribution is -0.138. The predicted octanol–water partition coefficient (Wildman–Crippen LogP) is 1.70. The van der Waals surface area contributed by atoms with Gasteiger partial charge in [0.05, 0.1) is 11.4 Å². The molecule has 0 saturated carbocycles. The number of nitrogens with zero attached hydrogens (tertiary/aromatic N) is 1. The molecule has 1 aliphatic rings. The summed E-state index contributed by atoms with van der Waals surface area (Å²) >= 11 is 1.58. The topological polar surface area (TPSA) is 86.7 Å². The fourth-order valence-electron chi connectivity index (χ4n) is 2.34. The van der Waals surface area contributed by atoms with E-state index in [1.165, 1.54) is 12.1 Å². The molecule has 0 spiro atoms. The van der Waals surface area contributed by atoms with Gasteiger partial charge in [0.15, 0.2) is 0 Å². The normalized spacial score (nSPS) is 17.1. The van der Waals surface area contributed by atoms with E-state index in [2.05, 4.69) is 5.32 Å². The molecule has 1 fully saturated rings. The van der Waals surface area contributed by atoms with E-state index in [9.17, 15) is 14.4 Å². The average Bonchev–Trinajstić information content (AvgIpc) is 3.03. The quantitative estimate of drug-likeness (QED) is 0.826. The number of nitrogens with one attached hydrogen (secondary N) is 1. The van der Waals surface area contributed by atoms with Crippen LogP contribution in [0.4, 0.5) is 0 Å². The first-order chi connectivity index (χ1) is 11.0. The van der Waals surface area contributed by atoms with Gasteiger partial charge in [0, 0.05) is 18.7 Å². The summed E-state index contributed by atoms with van der Waals surface area (Å²) < 4.78 is 0. The van der Waals surface area contributed by atoms with Crippen LogP contribution < -0.4 is 5.32 Å². The van der Waals surface area contributed by atoms with Gasteiger partial charge in [-0.1, -0.05) is 19.1 Å². The third kappa shape index (κ3) is 4.48. The maximum absolute atomic E-state index is 12.3. The van der Waals surface area contributed by atoms with Crippen molar-refractivity contribution in [2.75, 3.05) is 11.6 Å². The summed E-state index contributed by atoms with van der Waals surface area (Å²) in [5.41, 5.74) is 1.03. The number of thioether (sulfide) groups is 1. The van der Waals surface area contributed by atoms with Crippen molar-refractivity contribution in [1.29, 1.82) is 0 Å². The van der Waals surface area contributed by atoms with Gasteiger partial charge in [0.2, 0.25) is 11.8 Å². The lowest BCUT2D eigenvalue weighted by atomic mass is 10.1. The number of carboxylic acids is 1. The minimum Gasteiger partial charge on any atom is -0.478 e. The van der Waals surface area contributed by atoms with E-state index in [-0.39, 0.29) is 17.4 Å². The van der Waals surface area contributed by atoms with E-state index in [1.807, 2.05) is 6.92 Å². The fourth-order valence-corrected chi connectivity index (χ4v) is 3.52. The molecule has 1 aromatic carbocycles. The Morgan fingerprint density at radius 3 is 2.61 bits per heavy atom. The maximum atomic E-state index is 12.3. The number of carbonyl (C=O) groups excluding carboxylic acids is 2. The van der Waals surface area contributed by atoms with Gasteiger partial charge in [0.1, 0.15) is 6.04 Å². The molecule has 6 nitrogen and oxygen atoms in total. The van der Waals surface area contributed by atoms with Crippen molar-refractivity contribution in [3.63, 3.8) is 0 Å². The molecule has 2 rings (SSSR count). The number of hydrogen-bond acceptors (Lipinski definition) is 4. The van der Waals surface area contributed by atoms with E-state index < -0.39 is 12.0 Å². The second-order valence-electron chi connectivity index (χ2n) is 5.35. The number of carbonyl (C=O) groups is 3. The van der Waals surface area contributed by atoms with Gasteiger partial charge in [-0.2, -0.15) is 0 Å². The summed E-state index contributed by atoms with van der Waals surface area (Å²) in [7, 11) is 0. The van der Waals surface area contributed by atoms with Crippen molar-refractivity contribution in [3.8, 4) is 0 Å². The Hall–Kier alpha value is -2.02. The van der Waals surface area contributed by atoms with Crippen molar-refractivity contribution < 1.29 is 19.5 Å². The molecule has 7 heteroatoms. The Balaban J connectivity index is 1.91. The smallest absolute Gasteiger partial charge is 0.335 e. The molecule has 0 bridgehead atoms. The SMILES string of the molecule is CCCC(=O)N1CSCC1C(=O)NCc1ccc(C(=O)O)cc1. The van der Waals surface area contributed by atoms with Gasteiger partial charge >= 0.3 is 5.97 Å². The average molecular weight is 336 g/mol. The highest BCUT2D eigenvalue weighted by atomic mass is 32.2. The van der Waals surface area contributed by atoms with Crippen molar-refractivity contribution in [2.24, 2.45) is 0 Å². The lowest BCUT2D eigenvalue weighted by Gasteiger charge is -2.23. The van der Waals surface area contributed by atoms with Crippen LogP contribution in [-0.2, 0) is 16.1 Å². The molecule has 1 atom stereocenters. The number of aromatic carboxylic acids is 1. The Bertz CT molecular complexity index is 588. The zero-order valence-electron chi connectivity index (χ0n) is 12.9. The van der Waals surface area contributed by atoms with Crippen molar-refractivity contribution in [2.45, 2.75) is 32.4 Å². The van der Waals surface area contributed by atoms with Gasteiger partial charge in [-0.3, -0.25) is 9.59 Å². The molecular weight excluding hydrogens is 316 g/mol. The second kappa shape index (κ2) is 8.01. The van der Waals surface area contributed by atoms with Crippen LogP contribution in [0.5, 0.6) is 0 Å². The standard InChI is InChI=1S/C16H20N2O4S/c1-2-3-14(19)18-10-23-9-13(18)15(20)17-8-11-4-6-12(7-5-11)16(21)22/h4-7,13H,2-3,8-10H2,1H3,(H,17,20)(H,21,22). The molecule has 124 valence electrons. The summed E-state index contributed by atoms with van der Waals surface area (Å²) in [6.07, 6.45) is 1.23. The summed E-state index contributed by atoms with van der Waals surface area (Å²) in [6, 6.07) is 5.94. The number of hydrogen-bond donors (Lipinski definition) is 2. The predicted molar refractivity (Wildman–Crippen MR) is 88.1 cm³/mol. The van der Waals surface area contributed by atoms with Gasteiger partial charge in [-0.15, -0.1) is 11.8 Å². The highest BCUT2D eigenvalue weighted by Gasteiger charge is 2.33. The summed E-state index contributed by atoms with van der Waals surface area (Å²) in [5.74, 6) is 0.0441. The van der Waals surface area contributed by atoms with Crippen LogP contribution in [-0.4, -0.2) is 45.5 Å². The lowest BCUT2D eigenvalue weighted by Crippen LogP contribution is -2.47. The molecule has 0 aromatic heterocycles. The minimum atomic E-state index is -0.978. The van der Waals surface area contributed by atoms with Crippen LogP contribution in [0.1, 0.15) is 35.7 Å². The zero-order valence-corrected chi connectivity index (χ0v) is 13.8. The maximum Gasteiger partial charge on any atom is 0.335 e. The van der Waals surface area contributed by atoms with E-state index in [0.29, 0.717) is 24.6 Å². The van der Waals surface area contributed by atoms with Crippen LogP contribution in [0.25, 0.3) is 0 Å². The molecule has 1 aromatic rings. The largest absolute Gasteiger partial charge is 0.478 e. The first-order valence-corrected chi connectivity index (χ1v) is 8.65. The van der Waals surface area contributed by atoms with Crippen molar-refractivity contribution >= 4 is 29.5 Å². The zero-order chi connectivity index (χ0) is 16.8. The van der Waals surface area contributed by atoms with Crippen LogP contribution in [0, 0.1) is 0 Å². The van der Waals surface area contributed by atoms with Gasteiger partial charge in [-0.25, -0.2) is 4.79 Å². The molecule has 23 heavy (non-hydrogen) atoms. The van der Waals surface area contributed by atoms with E-state index >= 15 is 0 Å². The molecule has 1 saturated heterocycles. The van der Waals surface area contributed by atoms with Crippen LogP contribution in [0.2, 0.25) is 0 Å². The number of rotatable bonds is 6. The molecule has 1 aliphatic heterocycles. The molecule has 0 aliphatic carbocycles. The highest BCUT2D eigenvalue weighted by Crippen LogP contribution is 2.22. The minimum absolute atomic E-state index is 0.0171. The van der Waals surface area contributed by atoms with E-state index in [0.717, 1.165) is 12.0 Å². The summed E-state index contributed by atoms with van der Waals surface area (Å²) in [6.45, 7) is 2.26. The van der Waals surface area contributed by atoms with Crippen LogP contribution >= 0.6 is 11.8 Å². The van der Waals surface area contributed by atoms with Crippen LogP contribution in [0.3, 0.4) is 0 Å². The van der Waals surface area contributed by atoms with Crippen molar-refractivity contribution in [1.82, 2.24) is 10.2 Å². The molecule has 1 heterocycles. The molecule has 0 radical (unpaired) electrons. The fraction of sp³-hybridized carbons (Fsp3) is 0.438. The Morgan fingerprint density at radius 1 is 1.30 bits per heavy atom. The Morgan fingerprint density at radius 2 is 2.00 bits per heavy atom.